The molecule has 0 aromatic heterocycles. The lowest BCUT2D eigenvalue weighted by Gasteiger charge is -2.21. The van der Waals surface area contributed by atoms with Crippen molar-refractivity contribution in [2.24, 2.45) is 11.1 Å². The van der Waals surface area contributed by atoms with Crippen molar-refractivity contribution in [3.8, 4) is 0 Å². The number of rotatable bonds is 12. The van der Waals surface area contributed by atoms with Gasteiger partial charge in [-0.2, -0.15) is 0 Å². The molecule has 2 aromatic carbocycles. The van der Waals surface area contributed by atoms with E-state index in [1.807, 2.05) is 18.2 Å². The molecule has 1 amide bonds. The lowest BCUT2D eigenvalue weighted by molar-refractivity contribution is -0.385. The van der Waals surface area contributed by atoms with E-state index < -0.39 is 10.9 Å². The maximum absolute atomic E-state index is 12.3. The summed E-state index contributed by atoms with van der Waals surface area (Å²) in [5, 5.41) is 30.2. The van der Waals surface area contributed by atoms with Gasteiger partial charge in [-0.25, -0.2) is 0 Å². The number of carbonyl (C=O) groups is 2. The topological polar surface area (TPSA) is 143 Å². The van der Waals surface area contributed by atoms with Crippen molar-refractivity contribution in [2.45, 2.75) is 38.6 Å². The summed E-state index contributed by atoms with van der Waals surface area (Å²) in [6.45, 7) is 0.00334. The molecule has 192 valence electrons. The minimum atomic E-state index is -1.07. The average molecular weight is 561 g/mol. The fourth-order valence-electron chi connectivity index (χ4n) is 4.12. The normalized spacial score (nSPS) is 14.3. The van der Waals surface area contributed by atoms with E-state index in [2.05, 4.69) is 31.7 Å². The van der Waals surface area contributed by atoms with Gasteiger partial charge < -0.3 is 20.6 Å². The first-order chi connectivity index (χ1) is 17.3. The Labute approximate surface area is 217 Å². The second-order valence-electron chi connectivity index (χ2n) is 8.63. The molecule has 1 aliphatic carbocycles. The van der Waals surface area contributed by atoms with E-state index >= 15 is 0 Å². The Morgan fingerprint density at radius 1 is 1.14 bits per heavy atom. The summed E-state index contributed by atoms with van der Waals surface area (Å²) in [6, 6.07) is 11.7. The SMILES string of the molecule is O=C(O)CNCc1cc(/C(=N\OCC(=O)NCC2CCCCC2)c2cccc(Br)c2)ccc1[N+](=O)[O-]. The lowest BCUT2D eigenvalue weighted by atomic mass is 9.89. The molecular weight excluding hydrogens is 532 g/mol. The molecule has 1 aliphatic rings. The third-order valence-electron chi connectivity index (χ3n) is 5.90. The summed E-state index contributed by atoms with van der Waals surface area (Å²) in [6.07, 6.45) is 5.88. The quantitative estimate of drug-likeness (QED) is 0.202. The van der Waals surface area contributed by atoms with Crippen molar-refractivity contribution >= 4 is 39.2 Å². The van der Waals surface area contributed by atoms with Crippen LogP contribution >= 0.6 is 15.9 Å². The summed E-state index contributed by atoms with van der Waals surface area (Å²) >= 11 is 3.43. The largest absolute Gasteiger partial charge is 0.480 e. The molecule has 10 nitrogen and oxygen atoms in total. The molecule has 0 heterocycles. The van der Waals surface area contributed by atoms with Gasteiger partial charge in [-0.05, 0) is 43.0 Å². The van der Waals surface area contributed by atoms with Crippen molar-refractivity contribution in [1.82, 2.24) is 10.6 Å². The highest BCUT2D eigenvalue weighted by molar-refractivity contribution is 9.10. The number of hydrogen-bond donors (Lipinski definition) is 3. The Hall–Kier alpha value is -3.31. The summed E-state index contributed by atoms with van der Waals surface area (Å²) in [4.78, 5) is 39.5. The molecule has 3 N–H and O–H groups in total. The zero-order valence-electron chi connectivity index (χ0n) is 19.7. The Morgan fingerprint density at radius 2 is 1.89 bits per heavy atom. The molecule has 36 heavy (non-hydrogen) atoms. The number of nitrogens with zero attached hydrogens (tertiary/aromatic N) is 2. The van der Waals surface area contributed by atoms with Crippen molar-refractivity contribution in [3.63, 3.8) is 0 Å². The van der Waals surface area contributed by atoms with Crippen LogP contribution in [0.1, 0.15) is 48.8 Å². The van der Waals surface area contributed by atoms with Crippen LogP contribution in [0.15, 0.2) is 52.1 Å². The zero-order chi connectivity index (χ0) is 25.9. The molecule has 0 aliphatic heterocycles. The van der Waals surface area contributed by atoms with E-state index in [0.29, 0.717) is 34.9 Å². The van der Waals surface area contributed by atoms with Crippen LogP contribution in [-0.4, -0.2) is 47.3 Å². The Balaban J connectivity index is 1.79. The van der Waals surface area contributed by atoms with Gasteiger partial charge in [-0.15, -0.1) is 0 Å². The fraction of sp³-hybridized carbons (Fsp3) is 0.400. The van der Waals surface area contributed by atoms with Crippen molar-refractivity contribution < 1.29 is 24.5 Å². The fourth-order valence-corrected chi connectivity index (χ4v) is 4.52. The average Bonchev–Trinajstić information content (AvgIpc) is 2.85. The predicted molar refractivity (Wildman–Crippen MR) is 138 cm³/mol. The molecule has 0 atom stereocenters. The number of carboxylic acids is 1. The Kier molecular flexibility index (Phi) is 10.4. The molecule has 0 saturated heterocycles. The standard InChI is InChI=1S/C25H29BrN4O6/c26-21-8-4-7-18(12-21)25(29-36-16-23(31)28-13-17-5-2-1-3-6-17)19-9-10-22(30(34)35)20(11-19)14-27-15-24(32)33/h4,7-12,17,27H,1-3,5-6,13-16H2,(H,28,31)(H,32,33)/b29-25-. The van der Waals surface area contributed by atoms with E-state index in [0.717, 1.165) is 17.3 Å². The maximum Gasteiger partial charge on any atom is 0.317 e. The predicted octanol–water partition coefficient (Wildman–Crippen LogP) is 4.00. The second kappa shape index (κ2) is 13.7. The summed E-state index contributed by atoms with van der Waals surface area (Å²) in [5.74, 6) is -0.836. The number of benzene rings is 2. The van der Waals surface area contributed by atoms with Gasteiger partial charge in [0.05, 0.1) is 11.5 Å². The van der Waals surface area contributed by atoms with Gasteiger partial charge in [0, 0.05) is 40.3 Å². The Morgan fingerprint density at radius 3 is 2.58 bits per heavy atom. The molecule has 1 fully saturated rings. The third-order valence-corrected chi connectivity index (χ3v) is 6.40. The van der Waals surface area contributed by atoms with E-state index in [1.54, 1.807) is 18.2 Å². The highest BCUT2D eigenvalue weighted by Crippen LogP contribution is 2.24. The van der Waals surface area contributed by atoms with E-state index in [1.165, 1.54) is 25.3 Å². The van der Waals surface area contributed by atoms with Gasteiger partial charge in [0.15, 0.2) is 6.61 Å². The number of carboxylic acid groups (broad SMARTS) is 1. The van der Waals surface area contributed by atoms with Gasteiger partial charge in [0.25, 0.3) is 11.6 Å². The lowest BCUT2D eigenvalue weighted by Crippen LogP contribution is -2.32. The van der Waals surface area contributed by atoms with Gasteiger partial charge in [0.2, 0.25) is 0 Å². The molecule has 11 heteroatoms. The van der Waals surface area contributed by atoms with E-state index in [4.69, 9.17) is 9.94 Å². The van der Waals surface area contributed by atoms with E-state index in [9.17, 15) is 19.7 Å². The number of nitrogens with one attached hydrogen (secondary N) is 2. The number of aliphatic carboxylic acids is 1. The van der Waals surface area contributed by atoms with Gasteiger partial charge >= 0.3 is 5.97 Å². The molecule has 2 aromatic rings. The van der Waals surface area contributed by atoms with Crippen LogP contribution in [0.2, 0.25) is 0 Å². The van der Waals surface area contributed by atoms with Crippen LogP contribution in [0.4, 0.5) is 5.69 Å². The van der Waals surface area contributed by atoms with Crippen LogP contribution < -0.4 is 10.6 Å². The first-order valence-electron chi connectivity index (χ1n) is 11.8. The summed E-state index contributed by atoms with van der Waals surface area (Å²) in [7, 11) is 0. The Bertz CT molecular complexity index is 1120. The number of nitro benzene ring substituents is 1. The number of nitro groups is 1. The highest BCUT2D eigenvalue weighted by Gasteiger charge is 2.18. The summed E-state index contributed by atoms with van der Waals surface area (Å²) in [5.41, 5.74) is 1.73. The molecule has 3 rings (SSSR count). The smallest absolute Gasteiger partial charge is 0.317 e. The van der Waals surface area contributed by atoms with Crippen LogP contribution in [0.3, 0.4) is 0 Å². The monoisotopic (exact) mass is 560 g/mol. The van der Waals surface area contributed by atoms with Crippen molar-refractivity contribution in [3.05, 3.63) is 73.7 Å². The molecule has 0 bridgehead atoms. The minimum Gasteiger partial charge on any atom is -0.480 e. The number of halogens is 1. The molecular formula is C25H29BrN4O6. The summed E-state index contributed by atoms with van der Waals surface area (Å²) < 4.78 is 0.795. The van der Waals surface area contributed by atoms with Gasteiger partial charge in [0.1, 0.15) is 5.71 Å². The zero-order valence-corrected chi connectivity index (χ0v) is 21.3. The second-order valence-corrected chi connectivity index (χ2v) is 9.55. The van der Waals surface area contributed by atoms with Crippen molar-refractivity contribution in [1.29, 1.82) is 0 Å². The number of oxime groups is 1. The number of carbonyl (C=O) groups excluding carboxylic acids is 1. The number of amides is 1. The van der Waals surface area contributed by atoms with Crippen molar-refractivity contribution in [2.75, 3.05) is 19.7 Å². The molecule has 1 saturated carbocycles. The molecule has 0 spiro atoms. The van der Waals surface area contributed by atoms with Crippen LogP contribution in [0.5, 0.6) is 0 Å². The highest BCUT2D eigenvalue weighted by atomic mass is 79.9. The van der Waals surface area contributed by atoms with Gasteiger partial charge in [-0.1, -0.05) is 52.5 Å². The third kappa shape index (κ3) is 8.42. The molecule has 0 unspecified atom stereocenters. The molecule has 0 radical (unpaired) electrons. The first-order valence-corrected chi connectivity index (χ1v) is 12.6. The number of hydrogen-bond acceptors (Lipinski definition) is 7. The van der Waals surface area contributed by atoms with Crippen LogP contribution in [0, 0.1) is 16.0 Å². The first kappa shape index (κ1) is 27.3. The minimum absolute atomic E-state index is 0.0212. The van der Waals surface area contributed by atoms with Crippen LogP contribution in [0.25, 0.3) is 0 Å². The van der Waals surface area contributed by atoms with Gasteiger partial charge in [-0.3, -0.25) is 19.7 Å². The van der Waals surface area contributed by atoms with Crippen LogP contribution in [-0.2, 0) is 21.0 Å². The van der Waals surface area contributed by atoms with E-state index in [-0.39, 0.29) is 31.3 Å². The maximum atomic E-state index is 12.3.